The Labute approximate surface area is 99.1 Å². The normalized spacial score (nSPS) is 23.0. The van der Waals surface area contributed by atoms with Gasteiger partial charge in [-0.05, 0) is 24.7 Å². The lowest BCUT2D eigenvalue weighted by molar-refractivity contribution is -0.138. The molecular formula is C11H15NO5. The van der Waals surface area contributed by atoms with Crippen molar-refractivity contribution in [1.29, 1.82) is 5.26 Å². The molecule has 0 aromatic carbocycles. The minimum Gasteiger partial charge on any atom is -0.481 e. The van der Waals surface area contributed by atoms with Crippen molar-refractivity contribution in [3.05, 3.63) is 0 Å². The summed E-state index contributed by atoms with van der Waals surface area (Å²) >= 11 is 0. The largest absolute Gasteiger partial charge is 0.481 e. The van der Waals surface area contributed by atoms with E-state index in [0.29, 0.717) is 26.1 Å². The molecule has 2 atom stereocenters. The Hall–Kier alpha value is -1.61. The second-order valence-electron chi connectivity index (χ2n) is 4.09. The van der Waals surface area contributed by atoms with Gasteiger partial charge < -0.3 is 14.6 Å². The zero-order chi connectivity index (χ0) is 12.7. The standard InChI is InChI=1S/C11H15NO5/c12-7-17-11(15)4-2-9-6-16-5-8(9)1-3-10(13)14/h8-9H,1-6H2,(H,13,14). The number of aliphatic carboxylic acids is 1. The van der Waals surface area contributed by atoms with Crippen LogP contribution in [0.2, 0.25) is 0 Å². The number of hydrogen-bond donors (Lipinski definition) is 1. The summed E-state index contributed by atoms with van der Waals surface area (Å²) in [7, 11) is 0. The molecule has 0 bridgehead atoms. The number of carboxylic acids is 1. The third-order valence-electron chi connectivity index (χ3n) is 2.94. The zero-order valence-electron chi connectivity index (χ0n) is 9.42. The number of carboxylic acid groups (broad SMARTS) is 1. The summed E-state index contributed by atoms with van der Waals surface area (Å²) in [5.74, 6) is -1.00. The van der Waals surface area contributed by atoms with Crippen LogP contribution in [0, 0.1) is 23.4 Å². The first kappa shape index (κ1) is 13.5. The maximum absolute atomic E-state index is 11.0. The number of hydrogen-bond acceptors (Lipinski definition) is 5. The highest BCUT2D eigenvalue weighted by Gasteiger charge is 2.28. The average molecular weight is 241 g/mol. The highest BCUT2D eigenvalue weighted by atomic mass is 16.5. The fourth-order valence-corrected chi connectivity index (χ4v) is 2.00. The Balaban J connectivity index is 2.29. The Morgan fingerprint density at radius 3 is 2.41 bits per heavy atom. The van der Waals surface area contributed by atoms with E-state index in [4.69, 9.17) is 15.1 Å². The Kier molecular flexibility index (Phi) is 5.43. The molecule has 2 unspecified atom stereocenters. The van der Waals surface area contributed by atoms with Crippen molar-refractivity contribution < 1.29 is 24.2 Å². The third kappa shape index (κ3) is 4.83. The predicted octanol–water partition coefficient (Wildman–Crippen LogP) is 0.918. The van der Waals surface area contributed by atoms with Gasteiger partial charge in [0, 0.05) is 26.1 Å². The molecule has 1 rings (SSSR count). The molecule has 1 aliphatic rings. The smallest absolute Gasteiger partial charge is 0.321 e. The molecule has 0 amide bonds. The first-order valence-corrected chi connectivity index (χ1v) is 5.51. The van der Waals surface area contributed by atoms with Crippen LogP contribution in [-0.4, -0.2) is 30.3 Å². The van der Waals surface area contributed by atoms with Crippen molar-refractivity contribution >= 4 is 11.9 Å². The van der Waals surface area contributed by atoms with E-state index in [1.807, 2.05) is 0 Å². The molecule has 1 saturated heterocycles. The SMILES string of the molecule is N#COC(=O)CCC1COCC1CCC(=O)O. The number of carbonyl (C=O) groups excluding carboxylic acids is 1. The number of rotatable bonds is 6. The molecule has 1 fully saturated rings. The second kappa shape index (κ2) is 6.86. The minimum absolute atomic E-state index is 0.118. The lowest BCUT2D eigenvalue weighted by Gasteiger charge is -2.15. The molecule has 6 heteroatoms. The number of esters is 1. The molecule has 0 aromatic heterocycles. The van der Waals surface area contributed by atoms with Crippen LogP contribution in [-0.2, 0) is 19.1 Å². The van der Waals surface area contributed by atoms with Crippen LogP contribution in [0.3, 0.4) is 0 Å². The molecule has 0 aromatic rings. The van der Waals surface area contributed by atoms with Gasteiger partial charge in [0.2, 0.25) is 0 Å². The molecule has 0 spiro atoms. The van der Waals surface area contributed by atoms with Gasteiger partial charge in [0.15, 0.2) is 0 Å². The number of carbonyl (C=O) groups is 2. The van der Waals surface area contributed by atoms with E-state index < -0.39 is 11.9 Å². The highest BCUT2D eigenvalue weighted by Crippen LogP contribution is 2.28. The zero-order valence-corrected chi connectivity index (χ0v) is 9.42. The van der Waals surface area contributed by atoms with Crippen molar-refractivity contribution in [3.8, 4) is 6.26 Å². The second-order valence-corrected chi connectivity index (χ2v) is 4.09. The van der Waals surface area contributed by atoms with E-state index in [1.54, 1.807) is 0 Å². The summed E-state index contributed by atoms with van der Waals surface area (Å²) in [5.41, 5.74) is 0. The Morgan fingerprint density at radius 1 is 1.29 bits per heavy atom. The summed E-state index contributed by atoms with van der Waals surface area (Å²) in [6.07, 6.45) is 2.76. The summed E-state index contributed by atoms with van der Waals surface area (Å²) in [6, 6.07) is 0. The number of nitrogens with zero attached hydrogens (tertiary/aromatic N) is 1. The van der Waals surface area contributed by atoms with Crippen molar-refractivity contribution in [2.45, 2.75) is 25.7 Å². The highest BCUT2D eigenvalue weighted by molar-refractivity contribution is 5.70. The van der Waals surface area contributed by atoms with Gasteiger partial charge in [0.1, 0.15) is 0 Å². The molecule has 94 valence electrons. The lowest BCUT2D eigenvalue weighted by atomic mass is 9.88. The lowest BCUT2D eigenvalue weighted by Crippen LogP contribution is -2.15. The molecule has 1 heterocycles. The van der Waals surface area contributed by atoms with Gasteiger partial charge in [-0.25, -0.2) is 0 Å². The maximum atomic E-state index is 11.0. The van der Waals surface area contributed by atoms with Crippen molar-refractivity contribution in [2.24, 2.45) is 11.8 Å². The third-order valence-corrected chi connectivity index (χ3v) is 2.94. The predicted molar refractivity (Wildman–Crippen MR) is 55.6 cm³/mol. The van der Waals surface area contributed by atoms with E-state index in [9.17, 15) is 9.59 Å². The molecule has 0 radical (unpaired) electrons. The van der Waals surface area contributed by atoms with E-state index in [1.165, 1.54) is 6.26 Å². The van der Waals surface area contributed by atoms with Crippen molar-refractivity contribution in [3.63, 3.8) is 0 Å². The van der Waals surface area contributed by atoms with Crippen LogP contribution in [0.25, 0.3) is 0 Å². The van der Waals surface area contributed by atoms with Crippen molar-refractivity contribution in [2.75, 3.05) is 13.2 Å². The van der Waals surface area contributed by atoms with E-state index >= 15 is 0 Å². The van der Waals surface area contributed by atoms with Gasteiger partial charge in [-0.3, -0.25) is 9.59 Å². The quantitative estimate of drug-likeness (QED) is 0.548. The fraction of sp³-hybridized carbons (Fsp3) is 0.727. The van der Waals surface area contributed by atoms with Crippen LogP contribution < -0.4 is 0 Å². The topological polar surface area (TPSA) is 96.6 Å². The number of ether oxygens (including phenoxy) is 2. The van der Waals surface area contributed by atoms with Crippen LogP contribution in [0.4, 0.5) is 0 Å². The van der Waals surface area contributed by atoms with Gasteiger partial charge in [0.05, 0.1) is 0 Å². The van der Waals surface area contributed by atoms with Crippen molar-refractivity contribution in [1.82, 2.24) is 0 Å². The van der Waals surface area contributed by atoms with E-state index in [0.717, 1.165) is 0 Å². The van der Waals surface area contributed by atoms with Gasteiger partial charge in [-0.1, -0.05) is 0 Å². The van der Waals surface area contributed by atoms with Gasteiger partial charge >= 0.3 is 11.9 Å². The minimum atomic E-state index is -0.820. The molecule has 0 aliphatic carbocycles. The van der Waals surface area contributed by atoms with Gasteiger partial charge in [-0.15, -0.1) is 5.26 Å². The van der Waals surface area contributed by atoms with Crippen LogP contribution in [0.15, 0.2) is 0 Å². The maximum Gasteiger partial charge on any atom is 0.321 e. The molecule has 17 heavy (non-hydrogen) atoms. The van der Waals surface area contributed by atoms with Crippen LogP contribution in [0.1, 0.15) is 25.7 Å². The van der Waals surface area contributed by atoms with E-state index in [2.05, 4.69) is 4.74 Å². The van der Waals surface area contributed by atoms with Gasteiger partial charge in [0.25, 0.3) is 6.26 Å². The molecule has 1 N–H and O–H groups in total. The fourth-order valence-electron chi connectivity index (χ4n) is 2.00. The molecule has 6 nitrogen and oxygen atoms in total. The monoisotopic (exact) mass is 241 g/mol. The first-order chi connectivity index (χ1) is 8.13. The van der Waals surface area contributed by atoms with Crippen LogP contribution >= 0.6 is 0 Å². The first-order valence-electron chi connectivity index (χ1n) is 5.51. The Morgan fingerprint density at radius 2 is 1.88 bits per heavy atom. The Bertz CT molecular complexity index is 322. The van der Waals surface area contributed by atoms with Crippen LogP contribution in [0.5, 0.6) is 0 Å². The summed E-state index contributed by atoms with van der Waals surface area (Å²) < 4.78 is 9.45. The summed E-state index contributed by atoms with van der Waals surface area (Å²) in [4.78, 5) is 21.5. The molecular weight excluding hydrogens is 226 g/mol. The average Bonchev–Trinajstić information content (AvgIpc) is 2.71. The number of nitriles is 1. The molecule has 0 saturated carbocycles. The van der Waals surface area contributed by atoms with Gasteiger partial charge in [-0.2, -0.15) is 0 Å². The summed E-state index contributed by atoms with van der Waals surface area (Å²) in [6.45, 7) is 1.09. The molecule has 1 aliphatic heterocycles. The summed E-state index contributed by atoms with van der Waals surface area (Å²) in [5, 5.41) is 16.7. The van der Waals surface area contributed by atoms with E-state index in [-0.39, 0.29) is 24.7 Å².